The third kappa shape index (κ3) is 3.29. The van der Waals surface area contributed by atoms with Crippen LogP contribution in [0.3, 0.4) is 0 Å². The molecular formula is C12H16FNO. The second kappa shape index (κ2) is 5.24. The molecule has 1 saturated carbocycles. The van der Waals surface area contributed by atoms with E-state index in [1.54, 1.807) is 6.07 Å². The third-order valence-corrected chi connectivity index (χ3v) is 2.72. The standard InChI is InChI=1S/C12H16FNO/c13-11-5-3-4-10(8-11)9-14-15-12-6-1-2-7-12/h3-5,8,12,14H,1-2,6-7,9H2. The molecule has 3 heteroatoms. The van der Waals surface area contributed by atoms with Gasteiger partial charge in [0.1, 0.15) is 5.82 Å². The average Bonchev–Trinajstić information content (AvgIpc) is 2.71. The maximum atomic E-state index is 12.8. The second-order valence-electron chi connectivity index (χ2n) is 3.98. The van der Waals surface area contributed by atoms with E-state index in [0.717, 1.165) is 18.4 Å². The van der Waals surface area contributed by atoms with Gasteiger partial charge in [0, 0.05) is 6.54 Å². The van der Waals surface area contributed by atoms with Crippen LogP contribution in [0.4, 0.5) is 4.39 Å². The zero-order valence-electron chi connectivity index (χ0n) is 8.71. The molecule has 0 aromatic heterocycles. The van der Waals surface area contributed by atoms with Crippen molar-refractivity contribution in [3.63, 3.8) is 0 Å². The van der Waals surface area contributed by atoms with Crippen LogP contribution in [-0.2, 0) is 11.4 Å². The molecule has 1 aliphatic rings. The van der Waals surface area contributed by atoms with Crippen molar-refractivity contribution in [3.8, 4) is 0 Å². The second-order valence-corrected chi connectivity index (χ2v) is 3.98. The van der Waals surface area contributed by atoms with Crippen molar-refractivity contribution in [2.45, 2.75) is 38.3 Å². The monoisotopic (exact) mass is 209 g/mol. The Morgan fingerprint density at radius 3 is 2.87 bits per heavy atom. The molecule has 0 saturated heterocycles. The van der Waals surface area contributed by atoms with Gasteiger partial charge in [-0.1, -0.05) is 25.0 Å². The van der Waals surface area contributed by atoms with Crippen LogP contribution in [0.5, 0.6) is 0 Å². The molecule has 82 valence electrons. The molecule has 0 unspecified atom stereocenters. The first kappa shape index (κ1) is 10.6. The quantitative estimate of drug-likeness (QED) is 0.770. The van der Waals surface area contributed by atoms with Gasteiger partial charge in [-0.25, -0.2) is 4.39 Å². The van der Waals surface area contributed by atoms with Crippen LogP contribution < -0.4 is 5.48 Å². The van der Waals surface area contributed by atoms with E-state index in [0.29, 0.717) is 12.6 Å². The van der Waals surface area contributed by atoms with Crippen molar-refractivity contribution in [2.24, 2.45) is 0 Å². The molecule has 1 aliphatic carbocycles. The summed E-state index contributed by atoms with van der Waals surface area (Å²) in [6.45, 7) is 0.564. The fourth-order valence-electron chi connectivity index (χ4n) is 1.90. The van der Waals surface area contributed by atoms with E-state index in [2.05, 4.69) is 5.48 Å². The van der Waals surface area contributed by atoms with Gasteiger partial charge in [0.05, 0.1) is 6.10 Å². The zero-order valence-corrected chi connectivity index (χ0v) is 8.71. The van der Waals surface area contributed by atoms with Crippen molar-refractivity contribution in [3.05, 3.63) is 35.6 Å². The molecule has 2 nitrogen and oxygen atoms in total. The fraction of sp³-hybridized carbons (Fsp3) is 0.500. The fourth-order valence-corrected chi connectivity index (χ4v) is 1.90. The summed E-state index contributed by atoms with van der Waals surface area (Å²) in [6, 6.07) is 6.56. The van der Waals surface area contributed by atoms with Crippen molar-refractivity contribution < 1.29 is 9.23 Å². The minimum Gasteiger partial charge on any atom is -0.298 e. The predicted octanol–water partition coefficient (Wildman–Crippen LogP) is 2.79. The van der Waals surface area contributed by atoms with Gasteiger partial charge in [-0.15, -0.1) is 0 Å². The maximum absolute atomic E-state index is 12.8. The molecular weight excluding hydrogens is 193 g/mol. The molecule has 0 bridgehead atoms. The smallest absolute Gasteiger partial charge is 0.123 e. The molecule has 1 aromatic carbocycles. The Kier molecular flexibility index (Phi) is 3.69. The Hall–Kier alpha value is -0.930. The summed E-state index contributed by atoms with van der Waals surface area (Å²) in [7, 11) is 0. The highest BCUT2D eigenvalue weighted by Gasteiger charge is 2.15. The normalized spacial score (nSPS) is 17.1. The summed E-state index contributed by atoms with van der Waals surface area (Å²) >= 11 is 0. The Morgan fingerprint density at radius 1 is 1.33 bits per heavy atom. The topological polar surface area (TPSA) is 21.3 Å². The molecule has 2 rings (SSSR count). The van der Waals surface area contributed by atoms with Gasteiger partial charge in [-0.2, -0.15) is 5.48 Å². The number of rotatable bonds is 4. The van der Waals surface area contributed by atoms with Crippen LogP contribution in [0.1, 0.15) is 31.2 Å². The molecule has 0 spiro atoms. The molecule has 0 amide bonds. The molecule has 0 radical (unpaired) electrons. The van der Waals surface area contributed by atoms with Gasteiger partial charge < -0.3 is 0 Å². The Morgan fingerprint density at radius 2 is 2.13 bits per heavy atom. The van der Waals surface area contributed by atoms with E-state index in [9.17, 15) is 4.39 Å². The summed E-state index contributed by atoms with van der Waals surface area (Å²) in [5, 5.41) is 0. The summed E-state index contributed by atoms with van der Waals surface area (Å²) in [5.41, 5.74) is 3.81. The molecule has 1 N–H and O–H groups in total. The lowest BCUT2D eigenvalue weighted by Gasteiger charge is -2.11. The number of benzene rings is 1. The maximum Gasteiger partial charge on any atom is 0.123 e. The third-order valence-electron chi connectivity index (χ3n) is 2.72. The molecule has 0 atom stereocenters. The zero-order chi connectivity index (χ0) is 10.5. The number of hydrogen-bond acceptors (Lipinski definition) is 2. The first-order chi connectivity index (χ1) is 7.34. The van der Waals surface area contributed by atoms with Gasteiger partial charge in [0.25, 0.3) is 0 Å². The summed E-state index contributed by atoms with van der Waals surface area (Å²) in [4.78, 5) is 5.47. The lowest BCUT2D eigenvalue weighted by Crippen LogP contribution is -2.21. The summed E-state index contributed by atoms with van der Waals surface area (Å²) < 4.78 is 12.8. The van der Waals surface area contributed by atoms with Crippen LogP contribution in [0, 0.1) is 5.82 Å². The van der Waals surface area contributed by atoms with Gasteiger partial charge in [0.15, 0.2) is 0 Å². The van der Waals surface area contributed by atoms with E-state index in [4.69, 9.17) is 4.84 Å². The SMILES string of the molecule is Fc1cccc(CNOC2CCCC2)c1. The van der Waals surface area contributed by atoms with Crippen LogP contribution in [-0.4, -0.2) is 6.10 Å². The molecule has 0 heterocycles. The molecule has 0 aliphatic heterocycles. The Labute approximate surface area is 89.4 Å². The van der Waals surface area contributed by atoms with Crippen LogP contribution in [0.15, 0.2) is 24.3 Å². The minimum absolute atomic E-state index is 0.199. The average molecular weight is 209 g/mol. The first-order valence-electron chi connectivity index (χ1n) is 5.47. The molecule has 15 heavy (non-hydrogen) atoms. The van der Waals surface area contributed by atoms with Crippen molar-refractivity contribution >= 4 is 0 Å². The first-order valence-corrected chi connectivity index (χ1v) is 5.47. The predicted molar refractivity (Wildman–Crippen MR) is 56.6 cm³/mol. The lowest BCUT2D eigenvalue weighted by atomic mass is 10.2. The van der Waals surface area contributed by atoms with E-state index < -0.39 is 0 Å². The Bertz CT molecular complexity index is 310. The van der Waals surface area contributed by atoms with Crippen LogP contribution in [0.25, 0.3) is 0 Å². The molecule has 1 aromatic rings. The number of halogens is 1. The number of hydroxylamine groups is 1. The summed E-state index contributed by atoms with van der Waals surface area (Å²) in [6.07, 6.45) is 5.13. The highest BCUT2D eigenvalue weighted by Crippen LogP contribution is 2.19. The van der Waals surface area contributed by atoms with E-state index in [1.807, 2.05) is 6.07 Å². The number of nitrogens with one attached hydrogen (secondary N) is 1. The van der Waals surface area contributed by atoms with E-state index in [-0.39, 0.29) is 5.82 Å². The van der Waals surface area contributed by atoms with Gasteiger partial charge in [0.2, 0.25) is 0 Å². The van der Waals surface area contributed by atoms with Crippen molar-refractivity contribution in [2.75, 3.05) is 0 Å². The number of hydrogen-bond donors (Lipinski definition) is 1. The van der Waals surface area contributed by atoms with Crippen molar-refractivity contribution in [1.82, 2.24) is 5.48 Å². The van der Waals surface area contributed by atoms with E-state index >= 15 is 0 Å². The van der Waals surface area contributed by atoms with Gasteiger partial charge >= 0.3 is 0 Å². The van der Waals surface area contributed by atoms with Gasteiger partial charge in [-0.3, -0.25) is 4.84 Å². The van der Waals surface area contributed by atoms with Crippen molar-refractivity contribution in [1.29, 1.82) is 0 Å². The molecule has 1 fully saturated rings. The minimum atomic E-state index is -0.199. The van der Waals surface area contributed by atoms with E-state index in [1.165, 1.54) is 25.0 Å². The highest BCUT2D eigenvalue weighted by atomic mass is 19.1. The van der Waals surface area contributed by atoms with Crippen LogP contribution in [0.2, 0.25) is 0 Å². The Balaban J connectivity index is 1.73. The highest BCUT2D eigenvalue weighted by molar-refractivity contribution is 5.15. The largest absolute Gasteiger partial charge is 0.298 e. The summed E-state index contributed by atoms with van der Waals surface area (Å²) in [5.74, 6) is -0.199. The lowest BCUT2D eigenvalue weighted by molar-refractivity contribution is -0.0244. The van der Waals surface area contributed by atoms with Gasteiger partial charge in [-0.05, 0) is 30.5 Å². The van der Waals surface area contributed by atoms with Crippen LogP contribution >= 0.6 is 0 Å².